The van der Waals surface area contributed by atoms with Gasteiger partial charge in [-0.15, -0.1) is 0 Å². The third kappa shape index (κ3) is 6.09. The van der Waals surface area contributed by atoms with Crippen LogP contribution in [0.5, 0.6) is 0 Å². The van der Waals surface area contributed by atoms with Crippen LogP contribution in [0.1, 0.15) is 31.9 Å². The molecule has 1 aliphatic heterocycles. The van der Waals surface area contributed by atoms with Crippen LogP contribution in [0.2, 0.25) is 5.02 Å². The van der Waals surface area contributed by atoms with Crippen molar-refractivity contribution in [3.8, 4) is 0 Å². The van der Waals surface area contributed by atoms with E-state index < -0.39 is 16.9 Å². The Morgan fingerprint density at radius 1 is 1.23 bits per heavy atom. The van der Waals surface area contributed by atoms with Gasteiger partial charge in [-0.05, 0) is 38.2 Å². The zero-order chi connectivity index (χ0) is 25.5. The number of fused-ring (bicyclic) bond motifs is 1. The molecule has 0 saturated carbocycles. The van der Waals surface area contributed by atoms with Gasteiger partial charge in [-0.25, -0.2) is 9.79 Å². The van der Waals surface area contributed by atoms with Crippen molar-refractivity contribution in [3.63, 3.8) is 0 Å². The van der Waals surface area contributed by atoms with E-state index in [1.54, 1.807) is 43.3 Å². The molecule has 1 N–H and O–H groups in total. The molecule has 0 bridgehead atoms. The number of nitrogens with one attached hydrogen (secondary N) is 1. The summed E-state index contributed by atoms with van der Waals surface area (Å²) in [5, 5.41) is 16.7. The van der Waals surface area contributed by atoms with E-state index in [0.717, 1.165) is 13.1 Å². The second-order valence-corrected chi connectivity index (χ2v) is 8.15. The minimum atomic E-state index is -0.562. The van der Waals surface area contributed by atoms with Gasteiger partial charge < -0.3 is 4.74 Å². The maximum absolute atomic E-state index is 12.3. The van der Waals surface area contributed by atoms with Crippen molar-refractivity contribution in [3.05, 3.63) is 68.7 Å². The van der Waals surface area contributed by atoms with Crippen molar-refractivity contribution in [2.75, 3.05) is 26.7 Å². The van der Waals surface area contributed by atoms with E-state index in [9.17, 15) is 14.9 Å². The van der Waals surface area contributed by atoms with E-state index in [-0.39, 0.29) is 17.9 Å². The van der Waals surface area contributed by atoms with Crippen LogP contribution in [0.15, 0.2) is 57.6 Å². The molecule has 0 amide bonds. The van der Waals surface area contributed by atoms with Crippen LogP contribution < -0.4 is 5.43 Å². The number of halogens is 1. The maximum atomic E-state index is 12.3. The second-order valence-electron chi connectivity index (χ2n) is 7.71. The fourth-order valence-electron chi connectivity index (χ4n) is 3.55. The lowest BCUT2D eigenvalue weighted by atomic mass is 9.99. The number of nitro benzene ring substituents is 1. The number of rotatable bonds is 8. The highest BCUT2D eigenvalue weighted by atomic mass is 35.5. The number of aliphatic imine (C=N–C) groups is 2. The van der Waals surface area contributed by atoms with Crippen LogP contribution in [0.25, 0.3) is 0 Å². The highest BCUT2D eigenvalue weighted by Crippen LogP contribution is 2.34. The molecule has 0 fully saturated rings. The first kappa shape index (κ1) is 26.0. The van der Waals surface area contributed by atoms with Crippen molar-refractivity contribution in [1.82, 2.24) is 10.3 Å². The van der Waals surface area contributed by atoms with Crippen LogP contribution in [0.4, 0.5) is 11.4 Å². The molecule has 1 unspecified atom stereocenters. The normalized spacial score (nSPS) is 15.6. The number of carbonyl (C=O) groups excluding carboxylic acids is 1. The van der Waals surface area contributed by atoms with Gasteiger partial charge in [-0.3, -0.25) is 25.4 Å². The maximum Gasteiger partial charge on any atom is 0.355 e. The first-order valence-corrected chi connectivity index (χ1v) is 11.5. The summed E-state index contributed by atoms with van der Waals surface area (Å²) in [6, 6.07) is 11.0. The highest BCUT2D eigenvalue weighted by molar-refractivity contribution is 6.37. The number of hydrazone groups is 1. The Labute approximate surface area is 208 Å². The van der Waals surface area contributed by atoms with Gasteiger partial charge in [-0.2, -0.15) is 5.10 Å². The molecule has 1 aliphatic rings. The van der Waals surface area contributed by atoms with Crippen LogP contribution in [-0.4, -0.2) is 65.8 Å². The Balaban J connectivity index is 2.10. The predicted octanol–water partition coefficient (Wildman–Crippen LogP) is 3.98. The predicted molar refractivity (Wildman–Crippen MR) is 137 cm³/mol. The number of nitro groups is 1. The van der Waals surface area contributed by atoms with Gasteiger partial charge >= 0.3 is 5.97 Å². The Morgan fingerprint density at radius 2 is 1.91 bits per heavy atom. The summed E-state index contributed by atoms with van der Waals surface area (Å²) in [6.45, 7) is 7.51. The van der Waals surface area contributed by atoms with Gasteiger partial charge in [0.05, 0.1) is 23.4 Å². The number of benzene rings is 2. The molecular formula is C24H27ClN6O4. The molecule has 184 valence electrons. The van der Waals surface area contributed by atoms with Crippen molar-refractivity contribution in [1.29, 1.82) is 0 Å². The number of esters is 1. The first-order valence-electron chi connectivity index (χ1n) is 11.1. The van der Waals surface area contributed by atoms with Crippen molar-refractivity contribution >= 4 is 46.2 Å². The first-order chi connectivity index (χ1) is 16.8. The molecule has 1 atom stereocenters. The molecule has 0 spiro atoms. The van der Waals surface area contributed by atoms with E-state index in [1.807, 2.05) is 18.7 Å². The third-order valence-corrected chi connectivity index (χ3v) is 5.78. The van der Waals surface area contributed by atoms with Crippen molar-refractivity contribution < 1.29 is 14.5 Å². The zero-order valence-corrected chi connectivity index (χ0v) is 20.7. The molecule has 11 heteroatoms. The van der Waals surface area contributed by atoms with E-state index in [1.165, 1.54) is 13.2 Å². The molecule has 3 rings (SSSR count). The molecule has 35 heavy (non-hydrogen) atoms. The molecule has 0 radical (unpaired) electrons. The average molecular weight is 499 g/mol. The van der Waals surface area contributed by atoms with E-state index in [0.29, 0.717) is 33.4 Å². The SMILES string of the molecule is CCN(CC)C/C(=N/NC1=Nc2cccc([N+](=O)[O-])c2C(c2ccc(Cl)cc2)=NC1C)C(=O)OC. The lowest BCUT2D eigenvalue weighted by molar-refractivity contribution is -0.385. The molecule has 1 heterocycles. The van der Waals surface area contributed by atoms with Crippen molar-refractivity contribution in [2.45, 2.75) is 26.8 Å². The average Bonchev–Trinajstić information content (AvgIpc) is 3.00. The molecule has 10 nitrogen and oxygen atoms in total. The summed E-state index contributed by atoms with van der Waals surface area (Å²) < 4.78 is 4.89. The number of amidine groups is 1. The Kier molecular flexibility index (Phi) is 8.67. The fourth-order valence-corrected chi connectivity index (χ4v) is 3.68. The fraction of sp³-hybridized carbons (Fsp3) is 0.333. The third-order valence-electron chi connectivity index (χ3n) is 5.53. The molecule has 0 aromatic heterocycles. The van der Waals surface area contributed by atoms with Gasteiger partial charge in [-0.1, -0.05) is 43.6 Å². The summed E-state index contributed by atoms with van der Waals surface area (Å²) in [7, 11) is 1.30. The number of carbonyl (C=O) groups is 1. The van der Waals surface area contributed by atoms with Crippen LogP contribution >= 0.6 is 11.6 Å². The van der Waals surface area contributed by atoms with Gasteiger partial charge in [0, 0.05) is 23.2 Å². The van der Waals surface area contributed by atoms with E-state index >= 15 is 0 Å². The summed E-state index contributed by atoms with van der Waals surface area (Å²) in [4.78, 5) is 35.1. The van der Waals surface area contributed by atoms with Gasteiger partial charge in [0.1, 0.15) is 17.4 Å². The van der Waals surface area contributed by atoms with E-state index in [2.05, 4.69) is 15.5 Å². The Hall–Kier alpha value is -3.63. The number of nitrogens with zero attached hydrogens (tertiary/aromatic N) is 5. The number of ether oxygens (including phenoxy) is 1. The lowest BCUT2D eigenvalue weighted by Gasteiger charge is -2.18. The van der Waals surface area contributed by atoms with Gasteiger partial charge in [0.2, 0.25) is 0 Å². The quantitative estimate of drug-likeness (QED) is 0.254. The standard InChI is InChI=1S/C24H27ClN6O4/c1-5-30(6-2)14-19(24(32)35-4)28-29-23-15(3)26-22(16-10-12-17(25)13-11-16)21-18(27-23)8-7-9-20(21)31(33)34/h7-13,15H,5-6,14H2,1-4H3,(H,27,29)/b28-19-. The van der Waals surface area contributed by atoms with Gasteiger partial charge in [0.25, 0.3) is 5.69 Å². The Bertz CT molecular complexity index is 1190. The number of methoxy groups -OCH3 is 1. The molecular weight excluding hydrogens is 472 g/mol. The number of hydrogen-bond acceptors (Lipinski definition) is 9. The summed E-state index contributed by atoms with van der Waals surface area (Å²) >= 11 is 6.05. The van der Waals surface area contributed by atoms with E-state index in [4.69, 9.17) is 21.3 Å². The van der Waals surface area contributed by atoms with Crippen LogP contribution in [0.3, 0.4) is 0 Å². The zero-order valence-electron chi connectivity index (χ0n) is 20.0. The minimum absolute atomic E-state index is 0.117. The monoisotopic (exact) mass is 498 g/mol. The highest BCUT2D eigenvalue weighted by Gasteiger charge is 2.28. The van der Waals surface area contributed by atoms with Crippen LogP contribution in [-0.2, 0) is 9.53 Å². The molecule has 0 saturated heterocycles. The van der Waals surface area contributed by atoms with Crippen LogP contribution in [0, 0.1) is 10.1 Å². The van der Waals surface area contributed by atoms with Gasteiger partial charge in [0.15, 0.2) is 5.71 Å². The summed E-state index contributed by atoms with van der Waals surface area (Å²) in [5.41, 5.74) is 4.65. The molecule has 0 aliphatic carbocycles. The lowest BCUT2D eigenvalue weighted by Crippen LogP contribution is -2.37. The number of hydrogen-bond donors (Lipinski definition) is 1. The summed E-state index contributed by atoms with van der Waals surface area (Å²) in [6.07, 6.45) is 0. The second kappa shape index (κ2) is 11.7. The smallest absolute Gasteiger partial charge is 0.355 e. The topological polar surface area (TPSA) is 122 Å². The Morgan fingerprint density at radius 3 is 2.51 bits per heavy atom. The molecule has 2 aromatic carbocycles. The summed E-state index contributed by atoms with van der Waals surface area (Å²) in [5.74, 6) is -0.232. The minimum Gasteiger partial charge on any atom is -0.464 e. The largest absolute Gasteiger partial charge is 0.464 e. The molecule has 2 aromatic rings. The van der Waals surface area contributed by atoms with Crippen molar-refractivity contribution in [2.24, 2.45) is 15.1 Å².